The topological polar surface area (TPSA) is 531 Å². The van der Waals surface area contributed by atoms with Gasteiger partial charge < -0.3 is 115 Å². The van der Waals surface area contributed by atoms with Crippen LogP contribution in [-0.2, 0) is 165 Å². The number of hydrogen-bond donors (Lipinski definition) is 6. The first-order valence-corrected chi connectivity index (χ1v) is 43.9. The van der Waals surface area contributed by atoms with Crippen molar-refractivity contribution in [3.05, 3.63) is 53.4 Å². The van der Waals surface area contributed by atoms with Gasteiger partial charge in [0.1, 0.15) is 36.9 Å². The van der Waals surface area contributed by atoms with Gasteiger partial charge in [-0.3, -0.25) is 55.0 Å². The second kappa shape index (κ2) is 66.0. The van der Waals surface area contributed by atoms with Crippen LogP contribution in [0.1, 0.15) is 67.5 Å². The summed E-state index contributed by atoms with van der Waals surface area (Å²) < 4.78 is 191. The van der Waals surface area contributed by atoms with Gasteiger partial charge in [-0.2, -0.15) is 0 Å². The predicted molar refractivity (Wildman–Crippen MR) is 404 cm³/mol. The lowest BCUT2D eigenvalue weighted by Crippen LogP contribution is -2.25. The second-order valence-electron chi connectivity index (χ2n) is 23.7. The van der Waals surface area contributed by atoms with Crippen LogP contribution in [0.15, 0.2) is 30.7 Å². The molecule has 1 aromatic carbocycles. The van der Waals surface area contributed by atoms with Crippen molar-refractivity contribution in [2.24, 2.45) is 5.92 Å². The molecule has 0 saturated heterocycles. The second-order valence-corrected chi connectivity index (χ2v) is 29.6. The molecule has 46 nitrogen and oxygen atoms in total. The molecule has 4 rings (SSSR count). The van der Waals surface area contributed by atoms with Crippen LogP contribution in [0.3, 0.4) is 0 Å². The largest absolute Gasteiger partial charge is 0.483 e. The molecule has 0 spiro atoms. The van der Waals surface area contributed by atoms with Crippen molar-refractivity contribution in [2.75, 3.05) is 265 Å². The first-order chi connectivity index (χ1) is 56.3. The third-order valence-corrected chi connectivity index (χ3v) is 18.8. The van der Waals surface area contributed by atoms with Crippen LogP contribution < -0.4 is 19.5 Å². The van der Waals surface area contributed by atoms with E-state index in [4.69, 9.17) is 117 Å². The average molecular weight is 1750 g/mol. The molecule has 0 aliphatic heterocycles. The molecular formula is C66H120N10O36P4. The lowest BCUT2D eigenvalue weighted by Gasteiger charge is -2.18. The fourth-order valence-corrected chi connectivity index (χ4v) is 11.4. The number of aliphatic hydroxyl groups is 1. The Morgan fingerprint density at radius 3 is 0.897 bits per heavy atom. The van der Waals surface area contributed by atoms with Gasteiger partial charge in [0.25, 0.3) is 5.91 Å². The molecule has 0 radical (unpaired) electrons. The van der Waals surface area contributed by atoms with Crippen molar-refractivity contribution in [1.82, 2.24) is 50.3 Å². The SMILES string of the molecule is CCn1cc(COc2cc(C(=O)NCCCCC(CO)COP(=O)(O)OCCOCCOCCOCCOCCOCCOP(=O)(O)OCCOCCOCCOCCOCCOCCOP(=O)(O)OCCOCCOCCOCCOCCOCCOP(=O)(O)OC)cc(OCc3cn(CC)nn3)c2OCc2cn(CC)nn2)nn1. The first kappa shape index (κ1) is 104. The van der Waals surface area contributed by atoms with Crippen LogP contribution in [0.2, 0.25) is 0 Å². The van der Waals surface area contributed by atoms with Gasteiger partial charge in [-0.25, -0.2) is 18.3 Å². The number of aromatic nitrogens is 9. The fourth-order valence-electron chi connectivity index (χ4n) is 8.86. The Bertz CT molecular complexity index is 3240. The minimum atomic E-state index is -4.47. The molecule has 0 saturated carbocycles. The van der Waals surface area contributed by atoms with E-state index in [1.54, 1.807) is 44.8 Å². The summed E-state index contributed by atoms with van der Waals surface area (Å²) >= 11 is 0. The molecule has 0 aliphatic carbocycles. The van der Waals surface area contributed by atoms with Gasteiger partial charge in [-0.1, -0.05) is 22.1 Å². The van der Waals surface area contributed by atoms with Crippen LogP contribution in [0.25, 0.3) is 0 Å². The zero-order chi connectivity index (χ0) is 83.7. The van der Waals surface area contributed by atoms with E-state index in [0.29, 0.717) is 135 Å². The molecule has 1 amide bonds. The maximum absolute atomic E-state index is 13.7. The van der Waals surface area contributed by atoms with E-state index in [0.717, 1.165) is 7.11 Å². The lowest BCUT2D eigenvalue weighted by atomic mass is 10.0. The maximum atomic E-state index is 13.7. The van der Waals surface area contributed by atoms with E-state index in [9.17, 15) is 42.8 Å². The Kier molecular flexibility index (Phi) is 59.0. The quantitative estimate of drug-likeness (QED) is 0.0273. The molecule has 50 heteroatoms. The smallest absolute Gasteiger partial charge is 0.472 e. The average Bonchev–Trinajstić information content (AvgIpc) is 1.17. The zero-order valence-electron chi connectivity index (χ0n) is 66.6. The highest BCUT2D eigenvalue weighted by molar-refractivity contribution is 7.48. The number of hydrogen-bond acceptors (Lipinski definition) is 38. The molecule has 5 unspecified atom stereocenters. The van der Waals surface area contributed by atoms with Crippen molar-refractivity contribution in [3.63, 3.8) is 0 Å². The van der Waals surface area contributed by atoms with Crippen LogP contribution in [0.4, 0.5) is 0 Å². The first-order valence-electron chi connectivity index (χ1n) is 38.0. The zero-order valence-corrected chi connectivity index (χ0v) is 70.2. The number of carbonyl (C=O) groups excluding carboxylic acids is 1. The van der Waals surface area contributed by atoms with E-state index in [2.05, 4.69) is 45.3 Å². The third kappa shape index (κ3) is 53.9. The number of amides is 1. The molecule has 670 valence electrons. The number of nitrogens with zero attached hydrogens (tertiary/aromatic N) is 9. The number of unbranched alkanes of at least 4 members (excludes halogenated alkanes) is 1. The number of carbonyl (C=O) groups is 1. The highest BCUT2D eigenvalue weighted by Gasteiger charge is 2.26. The van der Waals surface area contributed by atoms with Crippen LogP contribution in [0.5, 0.6) is 17.2 Å². The Balaban J connectivity index is 0.860. The molecule has 6 N–H and O–H groups in total. The third-order valence-electron chi connectivity index (χ3n) is 14.8. The van der Waals surface area contributed by atoms with Crippen molar-refractivity contribution in [3.8, 4) is 17.2 Å². The fraction of sp³-hybridized carbons (Fsp3) is 0.803. The molecule has 3 aromatic heterocycles. The molecule has 0 bridgehead atoms. The van der Waals surface area contributed by atoms with Crippen molar-refractivity contribution in [1.29, 1.82) is 0 Å². The van der Waals surface area contributed by atoms with Gasteiger partial charge in [0.15, 0.2) is 11.5 Å². The van der Waals surface area contributed by atoms with Crippen molar-refractivity contribution < 1.29 is 169 Å². The Morgan fingerprint density at radius 1 is 0.379 bits per heavy atom. The number of phosphoric acid groups is 4. The van der Waals surface area contributed by atoms with E-state index >= 15 is 0 Å². The number of aliphatic hydroxyl groups excluding tert-OH is 1. The summed E-state index contributed by atoms with van der Waals surface area (Å²) in [6.07, 6.45) is 6.72. The molecule has 5 atom stereocenters. The molecule has 116 heavy (non-hydrogen) atoms. The van der Waals surface area contributed by atoms with Gasteiger partial charge in [0.2, 0.25) is 5.75 Å². The Morgan fingerprint density at radius 2 is 0.638 bits per heavy atom. The van der Waals surface area contributed by atoms with E-state index in [-0.39, 0.29) is 221 Å². The Hall–Kier alpha value is -4.69. The van der Waals surface area contributed by atoms with E-state index in [1.807, 2.05) is 20.8 Å². The summed E-state index contributed by atoms with van der Waals surface area (Å²) in [6.45, 7) is 13.3. The maximum Gasteiger partial charge on any atom is 0.472 e. The van der Waals surface area contributed by atoms with Crippen LogP contribution in [0, 0.1) is 5.92 Å². The summed E-state index contributed by atoms with van der Waals surface area (Å²) in [5.41, 5.74) is 1.86. The highest BCUT2D eigenvalue weighted by atomic mass is 31.2. The van der Waals surface area contributed by atoms with E-state index in [1.165, 1.54) is 0 Å². The molecule has 3 heterocycles. The molecule has 0 fully saturated rings. The van der Waals surface area contributed by atoms with Gasteiger partial charge >= 0.3 is 31.3 Å². The summed E-state index contributed by atoms with van der Waals surface area (Å²) in [5.74, 6) is -0.299. The van der Waals surface area contributed by atoms with Crippen molar-refractivity contribution >= 4 is 37.2 Å². The molecular weight excluding hydrogens is 1630 g/mol. The number of rotatable bonds is 83. The molecule has 0 aliphatic rings. The summed E-state index contributed by atoms with van der Waals surface area (Å²) in [6, 6.07) is 3.10. The number of nitrogens with one attached hydrogen (secondary N) is 1. The monoisotopic (exact) mass is 1750 g/mol. The highest BCUT2D eigenvalue weighted by Crippen LogP contribution is 2.46. The van der Waals surface area contributed by atoms with E-state index < -0.39 is 43.1 Å². The van der Waals surface area contributed by atoms with Gasteiger partial charge in [0, 0.05) is 51.4 Å². The number of aryl methyl sites for hydroxylation is 3. The normalized spacial score (nSPS) is 14.2. The summed E-state index contributed by atoms with van der Waals surface area (Å²) in [5, 5.41) is 37.7. The van der Waals surface area contributed by atoms with Crippen molar-refractivity contribution in [2.45, 2.75) is 79.5 Å². The van der Waals surface area contributed by atoms with Crippen LogP contribution >= 0.6 is 31.3 Å². The minimum Gasteiger partial charge on any atom is -0.483 e. The number of benzene rings is 1. The van der Waals surface area contributed by atoms with Crippen LogP contribution in [-0.4, -0.2) is 340 Å². The standard InChI is InChI=1S/C66H120N10O36P4/c1-5-74-50-60(68-71-74)55-103-63-48-59(49-64(104-56-61-51-75(6-2)72-69-61)65(63)105-57-62-52-76(7-3)73-70-62)66(78)67-11-9-8-10-58(53-77)54-112-116(85,86)111-47-41-102-35-29-96-23-17-90-16-22-95-28-34-101-40-46-110-115(83,84)109-45-39-100-33-27-94-21-15-89-14-20-93-26-32-99-38-44-108-114(81,82)107-43-37-98-31-25-92-19-13-88-12-18-91-24-30-97-36-42-106-113(79,80)87-4/h48-52,58,77H,5-47,53-57H2,1-4H3,(H,67,78)(H,79,80)(H,81,82)(H,83,84)(H,85,86). The number of ether oxygens (including phenoxy) is 18. The molecule has 4 aromatic rings. The predicted octanol–water partition coefficient (Wildman–Crippen LogP) is 3.18. The summed E-state index contributed by atoms with van der Waals surface area (Å²) in [7, 11) is -16.0. The van der Waals surface area contributed by atoms with Gasteiger partial charge in [0.05, 0.1) is 263 Å². The number of phosphoric ester groups is 4. The van der Waals surface area contributed by atoms with Gasteiger partial charge in [-0.15, -0.1) is 15.3 Å². The summed E-state index contributed by atoms with van der Waals surface area (Å²) in [4.78, 5) is 52.8. The van der Waals surface area contributed by atoms with Gasteiger partial charge in [-0.05, 0) is 45.7 Å². The minimum absolute atomic E-state index is 0.00486. The Labute approximate surface area is 675 Å². The lowest BCUT2D eigenvalue weighted by molar-refractivity contribution is -0.0178.